The zero-order chi connectivity index (χ0) is 9.36. The van der Waals surface area contributed by atoms with Gasteiger partial charge < -0.3 is 10.1 Å². The Bertz CT molecular complexity index is 135. The van der Waals surface area contributed by atoms with Gasteiger partial charge in [0.05, 0.1) is 12.9 Å². The summed E-state index contributed by atoms with van der Waals surface area (Å²) in [6.45, 7) is 5.37. The molecule has 0 radical (unpaired) electrons. The van der Waals surface area contributed by atoms with Crippen molar-refractivity contribution in [1.29, 1.82) is 0 Å². The number of rotatable bonds is 6. The van der Waals surface area contributed by atoms with Crippen molar-refractivity contribution in [2.24, 2.45) is 0 Å². The van der Waals surface area contributed by atoms with Crippen molar-refractivity contribution in [2.45, 2.75) is 25.3 Å². The third-order valence-electron chi connectivity index (χ3n) is 2.21. The van der Waals surface area contributed by atoms with E-state index in [1.54, 1.807) is 0 Å². The van der Waals surface area contributed by atoms with Gasteiger partial charge in [-0.1, -0.05) is 6.58 Å². The molecule has 1 heterocycles. The highest BCUT2D eigenvalue weighted by molar-refractivity contribution is 7.99. The van der Waals surface area contributed by atoms with E-state index in [1.807, 2.05) is 0 Å². The monoisotopic (exact) mass is 201 g/mol. The number of ether oxygens (including phenoxy) is 1. The predicted octanol–water partition coefficient (Wildman–Crippen LogP) is 2.02. The maximum atomic E-state index is 5.04. The van der Waals surface area contributed by atoms with Crippen molar-refractivity contribution < 1.29 is 4.74 Å². The van der Waals surface area contributed by atoms with E-state index < -0.39 is 0 Å². The van der Waals surface area contributed by atoms with Gasteiger partial charge >= 0.3 is 0 Å². The van der Waals surface area contributed by atoms with Crippen molar-refractivity contribution in [2.75, 3.05) is 24.7 Å². The van der Waals surface area contributed by atoms with Gasteiger partial charge in [0.25, 0.3) is 0 Å². The zero-order valence-electron chi connectivity index (χ0n) is 8.13. The fraction of sp³-hybridized carbons (Fsp3) is 0.800. The summed E-state index contributed by atoms with van der Waals surface area (Å²) in [6.07, 6.45) is 5.24. The first-order valence-corrected chi connectivity index (χ1v) is 6.12. The second-order valence-electron chi connectivity index (χ2n) is 3.23. The van der Waals surface area contributed by atoms with Crippen molar-refractivity contribution in [3.05, 3.63) is 12.8 Å². The minimum Gasteiger partial charge on any atom is -0.502 e. The van der Waals surface area contributed by atoms with E-state index in [2.05, 4.69) is 23.7 Å². The fourth-order valence-corrected chi connectivity index (χ4v) is 2.55. The first kappa shape index (κ1) is 10.9. The molecular formula is C10H19NOS. The summed E-state index contributed by atoms with van der Waals surface area (Å²) in [6, 6.07) is 0.755. The molecule has 0 unspecified atom stereocenters. The maximum absolute atomic E-state index is 5.04. The molecule has 1 rings (SSSR count). The molecule has 13 heavy (non-hydrogen) atoms. The Balaban J connectivity index is 1.89. The molecule has 3 heteroatoms. The summed E-state index contributed by atoms with van der Waals surface area (Å²) >= 11 is 2.07. The Morgan fingerprint density at radius 3 is 2.92 bits per heavy atom. The van der Waals surface area contributed by atoms with E-state index >= 15 is 0 Å². The summed E-state index contributed by atoms with van der Waals surface area (Å²) in [7, 11) is 0. The molecule has 0 aromatic heterocycles. The van der Waals surface area contributed by atoms with Gasteiger partial charge in [-0.05, 0) is 37.3 Å². The number of hydrogen-bond donors (Lipinski definition) is 1. The molecule has 0 aliphatic carbocycles. The molecule has 0 atom stereocenters. The molecule has 0 aromatic carbocycles. The van der Waals surface area contributed by atoms with Crippen LogP contribution >= 0.6 is 11.8 Å². The van der Waals surface area contributed by atoms with Crippen molar-refractivity contribution >= 4 is 11.8 Å². The van der Waals surface area contributed by atoms with Gasteiger partial charge in [0.15, 0.2) is 0 Å². The predicted molar refractivity (Wildman–Crippen MR) is 59.1 cm³/mol. The van der Waals surface area contributed by atoms with E-state index in [0.717, 1.165) is 25.6 Å². The highest BCUT2D eigenvalue weighted by atomic mass is 32.2. The van der Waals surface area contributed by atoms with E-state index in [9.17, 15) is 0 Å². The van der Waals surface area contributed by atoms with Crippen LogP contribution in [0.3, 0.4) is 0 Å². The lowest BCUT2D eigenvalue weighted by Gasteiger charge is -2.22. The number of thioether (sulfide) groups is 1. The molecule has 1 aliphatic heterocycles. The third-order valence-corrected chi connectivity index (χ3v) is 3.26. The van der Waals surface area contributed by atoms with Crippen LogP contribution in [0.4, 0.5) is 0 Å². The van der Waals surface area contributed by atoms with Crippen LogP contribution in [0, 0.1) is 0 Å². The number of nitrogens with one attached hydrogen (secondary N) is 1. The van der Waals surface area contributed by atoms with Crippen molar-refractivity contribution in [3.8, 4) is 0 Å². The van der Waals surface area contributed by atoms with Crippen molar-refractivity contribution in [1.82, 2.24) is 5.32 Å². The highest BCUT2D eigenvalue weighted by Crippen LogP contribution is 2.16. The first-order valence-electron chi connectivity index (χ1n) is 4.97. The second kappa shape index (κ2) is 7.27. The van der Waals surface area contributed by atoms with Gasteiger partial charge in [-0.15, -0.1) is 0 Å². The topological polar surface area (TPSA) is 21.3 Å². The van der Waals surface area contributed by atoms with Crippen LogP contribution in [0.2, 0.25) is 0 Å². The van der Waals surface area contributed by atoms with Crippen LogP contribution in [-0.4, -0.2) is 30.7 Å². The van der Waals surface area contributed by atoms with Crippen LogP contribution in [0.1, 0.15) is 19.3 Å². The summed E-state index contributed by atoms with van der Waals surface area (Å²) in [5, 5.41) is 3.55. The molecule has 0 aromatic rings. The van der Waals surface area contributed by atoms with Gasteiger partial charge in [-0.3, -0.25) is 0 Å². The van der Waals surface area contributed by atoms with Crippen LogP contribution < -0.4 is 5.32 Å². The Morgan fingerprint density at radius 1 is 1.46 bits per heavy atom. The lowest BCUT2D eigenvalue weighted by atomic mass is 10.1. The SMILES string of the molecule is C=COCCCNC1CCSCC1. The summed E-state index contributed by atoms with van der Waals surface area (Å²) in [4.78, 5) is 0. The third kappa shape index (κ3) is 5.21. The average molecular weight is 201 g/mol. The smallest absolute Gasteiger partial charge is 0.0885 e. The Hall–Kier alpha value is -0.150. The molecule has 1 aliphatic rings. The van der Waals surface area contributed by atoms with Crippen LogP contribution in [0.15, 0.2) is 12.8 Å². The molecule has 0 saturated carbocycles. The quantitative estimate of drug-likeness (QED) is 0.525. The lowest BCUT2D eigenvalue weighted by Crippen LogP contribution is -2.33. The van der Waals surface area contributed by atoms with E-state index in [-0.39, 0.29) is 0 Å². The van der Waals surface area contributed by atoms with Gasteiger partial charge in [0, 0.05) is 6.04 Å². The van der Waals surface area contributed by atoms with Crippen LogP contribution in [-0.2, 0) is 4.74 Å². The average Bonchev–Trinajstić information content (AvgIpc) is 2.19. The molecular weight excluding hydrogens is 182 g/mol. The second-order valence-corrected chi connectivity index (χ2v) is 4.46. The standard InChI is InChI=1S/C10H19NOS/c1-2-12-7-3-6-11-10-4-8-13-9-5-10/h2,10-11H,1,3-9H2. The Morgan fingerprint density at radius 2 is 2.23 bits per heavy atom. The van der Waals surface area contributed by atoms with Gasteiger partial charge in [-0.2, -0.15) is 11.8 Å². The minimum absolute atomic E-state index is 0.755. The lowest BCUT2D eigenvalue weighted by molar-refractivity contribution is 0.242. The van der Waals surface area contributed by atoms with E-state index in [4.69, 9.17) is 4.74 Å². The largest absolute Gasteiger partial charge is 0.502 e. The molecule has 2 nitrogen and oxygen atoms in total. The Kier molecular flexibility index (Phi) is 6.11. The zero-order valence-corrected chi connectivity index (χ0v) is 8.94. The fourth-order valence-electron chi connectivity index (χ4n) is 1.45. The van der Waals surface area contributed by atoms with Gasteiger partial charge in [0.1, 0.15) is 0 Å². The summed E-state index contributed by atoms with van der Waals surface area (Å²) < 4.78 is 5.04. The first-order chi connectivity index (χ1) is 6.43. The van der Waals surface area contributed by atoms with E-state index in [1.165, 1.54) is 30.6 Å². The molecule has 1 saturated heterocycles. The summed E-state index contributed by atoms with van der Waals surface area (Å²) in [5.74, 6) is 2.64. The molecule has 0 bridgehead atoms. The molecule has 0 amide bonds. The molecule has 1 N–H and O–H groups in total. The summed E-state index contributed by atoms with van der Waals surface area (Å²) in [5.41, 5.74) is 0. The normalized spacial score (nSPS) is 18.5. The maximum Gasteiger partial charge on any atom is 0.0885 e. The van der Waals surface area contributed by atoms with Gasteiger partial charge in [0.2, 0.25) is 0 Å². The van der Waals surface area contributed by atoms with Crippen molar-refractivity contribution in [3.63, 3.8) is 0 Å². The van der Waals surface area contributed by atoms with Gasteiger partial charge in [-0.25, -0.2) is 0 Å². The van der Waals surface area contributed by atoms with Crippen LogP contribution in [0.25, 0.3) is 0 Å². The minimum atomic E-state index is 0.755. The Labute approximate surface area is 85.1 Å². The number of hydrogen-bond acceptors (Lipinski definition) is 3. The highest BCUT2D eigenvalue weighted by Gasteiger charge is 2.11. The molecule has 1 fully saturated rings. The molecule has 0 spiro atoms. The van der Waals surface area contributed by atoms with Crippen LogP contribution in [0.5, 0.6) is 0 Å². The molecule has 76 valence electrons. The van der Waals surface area contributed by atoms with E-state index in [0.29, 0.717) is 0 Å².